The molecule has 2 atom stereocenters. The summed E-state index contributed by atoms with van der Waals surface area (Å²) in [6.45, 7) is 2.51. The number of amides is 2. The predicted octanol–water partition coefficient (Wildman–Crippen LogP) is 3.43. The number of carbonyl (C=O) groups is 2. The number of carbonyl (C=O) groups excluding carboxylic acids is 2. The number of rotatable bonds is 7. The molecule has 5 nitrogen and oxygen atoms in total. The zero-order valence-electron chi connectivity index (χ0n) is 16.8. The normalized spacial score (nSPS) is 17.1. The van der Waals surface area contributed by atoms with Crippen LogP contribution in [0.2, 0.25) is 0 Å². The van der Waals surface area contributed by atoms with Crippen LogP contribution >= 0.6 is 12.4 Å². The van der Waals surface area contributed by atoms with E-state index in [1.807, 2.05) is 60.5 Å². The molecule has 29 heavy (non-hydrogen) atoms. The van der Waals surface area contributed by atoms with E-state index in [-0.39, 0.29) is 36.7 Å². The van der Waals surface area contributed by atoms with Crippen LogP contribution in [0.25, 0.3) is 0 Å². The van der Waals surface area contributed by atoms with Crippen molar-refractivity contribution in [2.75, 3.05) is 26.7 Å². The van der Waals surface area contributed by atoms with Gasteiger partial charge in [-0.1, -0.05) is 48.5 Å². The van der Waals surface area contributed by atoms with Gasteiger partial charge in [0.1, 0.15) is 0 Å². The van der Waals surface area contributed by atoms with Gasteiger partial charge in [-0.15, -0.1) is 12.4 Å². The van der Waals surface area contributed by atoms with Gasteiger partial charge in [-0.3, -0.25) is 9.59 Å². The van der Waals surface area contributed by atoms with E-state index in [4.69, 9.17) is 0 Å². The molecule has 3 rings (SSSR count). The fourth-order valence-electron chi connectivity index (χ4n) is 3.82. The maximum atomic E-state index is 13.0. The van der Waals surface area contributed by atoms with E-state index in [2.05, 4.69) is 10.6 Å². The van der Waals surface area contributed by atoms with Crippen LogP contribution in [0.1, 0.15) is 41.2 Å². The number of benzene rings is 2. The van der Waals surface area contributed by atoms with Crippen LogP contribution in [0.15, 0.2) is 60.7 Å². The molecule has 1 aliphatic rings. The zero-order valence-corrected chi connectivity index (χ0v) is 17.7. The molecule has 1 fully saturated rings. The summed E-state index contributed by atoms with van der Waals surface area (Å²) in [5.74, 6) is 0.439. The fourth-order valence-corrected chi connectivity index (χ4v) is 3.82. The quantitative estimate of drug-likeness (QED) is 0.728. The molecule has 0 aromatic heterocycles. The third-order valence-electron chi connectivity index (χ3n) is 5.29. The number of hydrogen-bond acceptors (Lipinski definition) is 3. The van der Waals surface area contributed by atoms with Crippen LogP contribution in [0.5, 0.6) is 0 Å². The van der Waals surface area contributed by atoms with E-state index in [1.54, 1.807) is 12.1 Å². The van der Waals surface area contributed by atoms with Gasteiger partial charge >= 0.3 is 0 Å². The highest BCUT2D eigenvalue weighted by atomic mass is 35.5. The Hall–Kier alpha value is -2.37. The molecule has 2 unspecified atom stereocenters. The Balaban J connectivity index is 0.00000300. The van der Waals surface area contributed by atoms with E-state index in [9.17, 15) is 9.59 Å². The first-order valence-electron chi connectivity index (χ1n) is 10.0. The van der Waals surface area contributed by atoms with E-state index >= 15 is 0 Å². The lowest BCUT2D eigenvalue weighted by Gasteiger charge is -2.34. The molecule has 1 saturated heterocycles. The second-order valence-corrected chi connectivity index (χ2v) is 7.41. The lowest BCUT2D eigenvalue weighted by atomic mass is 9.96. The van der Waals surface area contributed by atoms with Gasteiger partial charge in [0.05, 0.1) is 12.5 Å². The summed E-state index contributed by atoms with van der Waals surface area (Å²) < 4.78 is 0. The first kappa shape index (κ1) is 22.9. The van der Waals surface area contributed by atoms with Gasteiger partial charge in [0.2, 0.25) is 5.91 Å². The van der Waals surface area contributed by atoms with E-state index in [0.29, 0.717) is 11.5 Å². The van der Waals surface area contributed by atoms with Crippen molar-refractivity contribution in [2.24, 2.45) is 5.92 Å². The van der Waals surface area contributed by atoms with Gasteiger partial charge in [0.25, 0.3) is 5.91 Å². The maximum absolute atomic E-state index is 13.0. The lowest BCUT2D eigenvalue weighted by Crippen LogP contribution is -2.44. The van der Waals surface area contributed by atoms with Crippen molar-refractivity contribution in [3.63, 3.8) is 0 Å². The van der Waals surface area contributed by atoms with E-state index in [1.165, 1.54) is 0 Å². The van der Waals surface area contributed by atoms with Crippen molar-refractivity contribution < 1.29 is 9.59 Å². The smallest absolute Gasteiger partial charge is 0.251 e. The van der Waals surface area contributed by atoms with Crippen LogP contribution in [0.3, 0.4) is 0 Å². The van der Waals surface area contributed by atoms with Gasteiger partial charge < -0.3 is 15.5 Å². The summed E-state index contributed by atoms with van der Waals surface area (Å²) in [6.07, 6.45) is 2.46. The molecule has 2 N–H and O–H groups in total. The Morgan fingerprint density at radius 1 is 1.07 bits per heavy atom. The second kappa shape index (κ2) is 11.6. The highest BCUT2D eigenvalue weighted by Gasteiger charge is 2.26. The van der Waals surface area contributed by atoms with Crippen LogP contribution in [0.4, 0.5) is 0 Å². The van der Waals surface area contributed by atoms with Crippen molar-refractivity contribution in [1.29, 1.82) is 0 Å². The number of halogens is 1. The Bertz CT molecular complexity index is 768. The number of likely N-dealkylation sites (tertiary alicyclic amines) is 1. The Kier molecular flexibility index (Phi) is 9.16. The molecule has 0 radical (unpaired) electrons. The van der Waals surface area contributed by atoms with Gasteiger partial charge in [0, 0.05) is 18.7 Å². The second-order valence-electron chi connectivity index (χ2n) is 7.41. The van der Waals surface area contributed by atoms with E-state index in [0.717, 1.165) is 38.0 Å². The molecular formula is C23H30ClN3O2. The molecule has 1 heterocycles. The summed E-state index contributed by atoms with van der Waals surface area (Å²) in [5, 5.41) is 6.27. The van der Waals surface area contributed by atoms with Crippen LogP contribution < -0.4 is 10.6 Å². The standard InChI is InChI=1S/C23H29N3O2.ClH/c1-24-16-18-9-8-14-26(17-18)22(27)15-21(19-10-4-2-5-11-19)25-23(28)20-12-6-3-7-13-20;/h2-7,10-13,18,21,24H,8-9,14-17H2,1H3,(H,25,28);1H. The Morgan fingerprint density at radius 2 is 1.72 bits per heavy atom. The van der Waals surface area contributed by atoms with Crippen molar-refractivity contribution in [2.45, 2.75) is 25.3 Å². The minimum absolute atomic E-state index is 0. The number of piperidine rings is 1. The molecule has 2 amide bonds. The van der Waals surface area contributed by atoms with Crippen LogP contribution in [-0.2, 0) is 4.79 Å². The first-order chi connectivity index (χ1) is 13.7. The molecular weight excluding hydrogens is 386 g/mol. The third-order valence-corrected chi connectivity index (χ3v) is 5.29. The largest absolute Gasteiger partial charge is 0.345 e. The first-order valence-corrected chi connectivity index (χ1v) is 10.0. The van der Waals surface area contributed by atoms with E-state index < -0.39 is 0 Å². The molecule has 0 aliphatic carbocycles. The number of nitrogens with zero attached hydrogens (tertiary/aromatic N) is 1. The minimum Gasteiger partial charge on any atom is -0.345 e. The monoisotopic (exact) mass is 415 g/mol. The summed E-state index contributed by atoms with van der Waals surface area (Å²) in [4.78, 5) is 27.6. The number of hydrogen-bond donors (Lipinski definition) is 2. The molecule has 1 aliphatic heterocycles. The molecule has 2 aromatic rings. The summed E-state index contributed by atoms with van der Waals surface area (Å²) >= 11 is 0. The van der Waals surface area contributed by atoms with Gasteiger partial charge in [-0.2, -0.15) is 0 Å². The summed E-state index contributed by atoms with van der Waals surface area (Å²) in [6, 6.07) is 18.5. The SMILES string of the molecule is CNCC1CCCN(C(=O)CC(NC(=O)c2ccccc2)c2ccccc2)C1.Cl. The molecule has 0 saturated carbocycles. The summed E-state index contributed by atoms with van der Waals surface area (Å²) in [5.41, 5.74) is 1.55. The molecule has 156 valence electrons. The van der Waals surface area contributed by atoms with Crippen molar-refractivity contribution in [1.82, 2.24) is 15.5 Å². The van der Waals surface area contributed by atoms with Crippen molar-refractivity contribution >= 4 is 24.2 Å². The highest BCUT2D eigenvalue weighted by Crippen LogP contribution is 2.22. The Morgan fingerprint density at radius 3 is 2.38 bits per heavy atom. The van der Waals surface area contributed by atoms with Crippen molar-refractivity contribution in [3.05, 3.63) is 71.8 Å². The molecule has 6 heteroatoms. The highest BCUT2D eigenvalue weighted by molar-refractivity contribution is 5.94. The predicted molar refractivity (Wildman–Crippen MR) is 118 cm³/mol. The zero-order chi connectivity index (χ0) is 19.8. The molecule has 0 bridgehead atoms. The van der Waals surface area contributed by atoms with Crippen LogP contribution in [0, 0.1) is 5.92 Å². The van der Waals surface area contributed by atoms with Gasteiger partial charge in [-0.05, 0) is 50.0 Å². The number of nitrogens with one attached hydrogen (secondary N) is 2. The fraction of sp³-hybridized carbons (Fsp3) is 0.391. The Labute approximate surface area is 179 Å². The minimum atomic E-state index is -0.342. The van der Waals surface area contributed by atoms with Crippen molar-refractivity contribution in [3.8, 4) is 0 Å². The lowest BCUT2D eigenvalue weighted by molar-refractivity contribution is -0.133. The van der Waals surface area contributed by atoms with Gasteiger partial charge in [0.15, 0.2) is 0 Å². The average molecular weight is 416 g/mol. The summed E-state index contributed by atoms with van der Waals surface area (Å²) in [7, 11) is 1.95. The topological polar surface area (TPSA) is 61.4 Å². The van der Waals surface area contributed by atoms with Gasteiger partial charge in [-0.25, -0.2) is 0 Å². The maximum Gasteiger partial charge on any atom is 0.251 e. The third kappa shape index (κ3) is 6.58. The molecule has 0 spiro atoms. The van der Waals surface area contributed by atoms with Crippen LogP contribution in [-0.4, -0.2) is 43.4 Å². The molecule has 2 aromatic carbocycles. The average Bonchev–Trinajstić information content (AvgIpc) is 2.75.